The van der Waals surface area contributed by atoms with Crippen LogP contribution in [0.2, 0.25) is 0 Å². The predicted octanol–water partition coefficient (Wildman–Crippen LogP) is 2.16. The molecule has 1 aromatic carbocycles. The SMILES string of the molecule is NC(=S)SCc1ccccc1.[Zn+2]. The molecule has 0 heterocycles. The smallest absolute Gasteiger partial charge is 0.385 e. The molecular weight excluding hydrogens is 240 g/mol. The second kappa shape index (κ2) is 6.58. The third-order valence-corrected chi connectivity index (χ3v) is 2.34. The number of hydrogen-bond acceptors (Lipinski definition) is 2. The summed E-state index contributed by atoms with van der Waals surface area (Å²) >= 11 is 6.23. The Hall–Kier alpha value is 0.0834. The van der Waals surface area contributed by atoms with Crippen molar-refractivity contribution in [2.45, 2.75) is 5.75 Å². The van der Waals surface area contributed by atoms with E-state index in [4.69, 9.17) is 18.0 Å². The quantitative estimate of drug-likeness (QED) is 0.642. The summed E-state index contributed by atoms with van der Waals surface area (Å²) in [6.07, 6.45) is 0. The molecule has 0 aromatic heterocycles. The molecule has 1 rings (SSSR count). The number of nitrogens with two attached hydrogens (primary N) is 1. The van der Waals surface area contributed by atoms with Crippen molar-refractivity contribution in [3.63, 3.8) is 0 Å². The van der Waals surface area contributed by atoms with Crippen LogP contribution in [0.25, 0.3) is 0 Å². The minimum Gasteiger partial charge on any atom is -0.385 e. The monoisotopic (exact) mass is 247 g/mol. The van der Waals surface area contributed by atoms with E-state index in [0.717, 1.165) is 5.75 Å². The second-order valence-corrected chi connectivity index (χ2v) is 3.81. The molecule has 0 aliphatic carbocycles. The Morgan fingerprint density at radius 3 is 2.42 bits per heavy atom. The van der Waals surface area contributed by atoms with E-state index in [0.29, 0.717) is 4.32 Å². The molecule has 0 amide bonds. The Kier molecular flexibility index (Phi) is 6.63. The largest absolute Gasteiger partial charge is 2.00 e. The zero-order valence-electron chi connectivity index (χ0n) is 6.69. The molecule has 1 aromatic rings. The zero-order valence-corrected chi connectivity index (χ0v) is 11.3. The first kappa shape index (κ1) is 12.1. The summed E-state index contributed by atoms with van der Waals surface area (Å²) in [5.41, 5.74) is 6.59. The average molecular weight is 249 g/mol. The first-order chi connectivity index (χ1) is 5.29. The van der Waals surface area contributed by atoms with E-state index in [1.54, 1.807) is 0 Å². The first-order valence-corrected chi connectivity index (χ1v) is 4.64. The van der Waals surface area contributed by atoms with Crippen molar-refractivity contribution in [2.24, 2.45) is 5.73 Å². The van der Waals surface area contributed by atoms with Crippen LogP contribution in [0.15, 0.2) is 30.3 Å². The molecule has 0 saturated carbocycles. The fraction of sp³-hybridized carbons (Fsp3) is 0.125. The molecule has 0 saturated heterocycles. The van der Waals surface area contributed by atoms with Crippen molar-refractivity contribution in [3.8, 4) is 0 Å². The van der Waals surface area contributed by atoms with Crippen LogP contribution in [0.3, 0.4) is 0 Å². The standard InChI is InChI=1S/C8H9NS2.Zn/c9-8(10)11-6-7-4-2-1-3-5-7;/h1-5H,6H2,(H2,9,10);/q;+2. The summed E-state index contributed by atoms with van der Waals surface area (Å²) in [7, 11) is 0. The van der Waals surface area contributed by atoms with Crippen LogP contribution in [0.5, 0.6) is 0 Å². The predicted molar refractivity (Wildman–Crippen MR) is 54.5 cm³/mol. The van der Waals surface area contributed by atoms with Gasteiger partial charge in [0.2, 0.25) is 0 Å². The van der Waals surface area contributed by atoms with Crippen LogP contribution in [-0.2, 0) is 25.2 Å². The molecule has 0 radical (unpaired) electrons. The summed E-state index contributed by atoms with van der Waals surface area (Å²) in [4.78, 5) is 0. The molecule has 2 N–H and O–H groups in total. The Balaban J connectivity index is 0.00000121. The Morgan fingerprint density at radius 1 is 1.33 bits per heavy atom. The van der Waals surface area contributed by atoms with Crippen molar-refractivity contribution in [1.29, 1.82) is 0 Å². The van der Waals surface area contributed by atoms with Crippen molar-refractivity contribution < 1.29 is 19.5 Å². The number of benzene rings is 1. The van der Waals surface area contributed by atoms with Crippen LogP contribution >= 0.6 is 24.0 Å². The van der Waals surface area contributed by atoms with E-state index in [9.17, 15) is 0 Å². The molecule has 0 spiro atoms. The fourth-order valence-corrected chi connectivity index (χ4v) is 1.41. The maximum absolute atomic E-state index is 5.33. The molecule has 0 aliphatic heterocycles. The van der Waals surface area contributed by atoms with Crippen molar-refractivity contribution in [1.82, 2.24) is 0 Å². The number of rotatable bonds is 2. The van der Waals surface area contributed by atoms with Gasteiger partial charge in [-0.15, -0.1) is 0 Å². The Labute approximate surface area is 94.9 Å². The Morgan fingerprint density at radius 2 is 1.92 bits per heavy atom. The summed E-state index contributed by atoms with van der Waals surface area (Å²) in [6, 6.07) is 10.1. The molecular formula is C8H9NS2Zn+2. The van der Waals surface area contributed by atoms with E-state index >= 15 is 0 Å². The van der Waals surface area contributed by atoms with Gasteiger partial charge in [0, 0.05) is 5.75 Å². The van der Waals surface area contributed by atoms with Gasteiger partial charge >= 0.3 is 19.5 Å². The molecule has 0 unspecified atom stereocenters. The minimum absolute atomic E-state index is 0. The third kappa shape index (κ3) is 4.86. The van der Waals surface area contributed by atoms with Gasteiger partial charge in [-0.1, -0.05) is 54.3 Å². The number of hydrogen-bond donors (Lipinski definition) is 1. The molecule has 4 heteroatoms. The van der Waals surface area contributed by atoms with Gasteiger partial charge in [0.1, 0.15) is 4.32 Å². The average Bonchev–Trinajstić information content (AvgIpc) is 2.03. The van der Waals surface area contributed by atoms with Crippen molar-refractivity contribution in [3.05, 3.63) is 35.9 Å². The van der Waals surface area contributed by atoms with Crippen LogP contribution in [-0.4, -0.2) is 4.32 Å². The van der Waals surface area contributed by atoms with Gasteiger partial charge in [-0.05, 0) is 5.56 Å². The molecule has 0 bridgehead atoms. The molecule has 58 valence electrons. The molecule has 1 nitrogen and oxygen atoms in total. The third-order valence-electron chi connectivity index (χ3n) is 1.22. The summed E-state index contributed by atoms with van der Waals surface area (Å²) < 4.78 is 0.508. The van der Waals surface area contributed by atoms with Crippen LogP contribution < -0.4 is 5.73 Å². The molecule has 0 atom stereocenters. The van der Waals surface area contributed by atoms with Crippen LogP contribution in [0.4, 0.5) is 0 Å². The first-order valence-electron chi connectivity index (χ1n) is 3.25. The van der Waals surface area contributed by atoms with Crippen molar-refractivity contribution in [2.75, 3.05) is 0 Å². The maximum Gasteiger partial charge on any atom is 2.00 e. The topological polar surface area (TPSA) is 26.0 Å². The zero-order chi connectivity index (χ0) is 8.10. The summed E-state index contributed by atoms with van der Waals surface area (Å²) in [5, 5.41) is 0. The number of thioether (sulfide) groups is 1. The Bertz CT molecular complexity index is 238. The van der Waals surface area contributed by atoms with Gasteiger partial charge in [0.25, 0.3) is 0 Å². The van der Waals surface area contributed by atoms with Gasteiger partial charge in [-0.2, -0.15) is 0 Å². The molecule has 12 heavy (non-hydrogen) atoms. The van der Waals surface area contributed by atoms with E-state index in [1.165, 1.54) is 17.3 Å². The molecule has 0 aliphatic rings. The van der Waals surface area contributed by atoms with E-state index in [-0.39, 0.29) is 19.5 Å². The molecule has 0 fully saturated rings. The van der Waals surface area contributed by atoms with Gasteiger partial charge in [-0.3, -0.25) is 0 Å². The van der Waals surface area contributed by atoms with Gasteiger partial charge in [0.05, 0.1) is 0 Å². The van der Waals surface area contributed by atoms with Gasteiger partial charge in [0.15, 0.2) is 0 Å². The fourth-order valence-electron chi connectivity index (χ4n) is 0.729. The maximum atomic E-state index is 5.33. The van der Waals surface area contributed by atoms with E-state index in [2.05, 4.69) is 12.1 Å². The van der Waals surface area contributed by atoms with Crippen molar-refractivity contribution >= 4 is 28.3 Å². The summed E-state index contributed by atoms with van der Waals surface area (Å²) in [5.74, 6) is 0.871. The number of thiocarbonyl (C=S) groups is 1. The summed E-state index contributed by atoms with van der Waals surface area (Å²) in [6.45, 7) is 0. The van der Waals surface area contributed by atoms with Gasteiger partial charge in [-0.25, -0.2) is 0 Å². The normalized spacial score (nSPS) is 8.67. The van der Waals surface area contributed by atoms with E-state index < -0.39 is 0 Å². The van der Waals surface area contributed by atoms with Crippen LogP contribution in [0, 0.1) is 0 Å². The van der Waals surface area contributed by atoms with Gasteiger partial charge < -0.3 is 5.73 Å². The van der Waals surface area contributed by atoms with Crippen LogP contribution in [0.1, 0.15) is 5.56 Å². The second-order valence-electron chi connectivity index (χ2n) is 2.09. The minimum atomic E-state index is 0. The van der Waals surface area contributed by atoms with E-state index in [1.807, 2.05) is 18.2 Å².